The molecular weight excluding hydrogens is 553 g/mol. The van der Waals surface area contributed by atoms with Crippen molar-refractivity contribution in [3.8, 4) is 11.3 Å². The van der Waals surface area contributed by atoms with Crippen LogP contribution in [0.25, 0.3) is 22.2 Å². The maximum atomic E-state index is 13.1. The molecule has 0 atom stereocenters. The normalized spacial score (nSPS) is 19.5. The highest BCUT2D eigenvalue weighted by atomic mass is 19.4. The Morgan fingerprint density at radius 3 is 2.17 bits per heavy atom. The standard InChI is InChI=1S/C29H37F3N6O4/c1-27(2,3)41-25(39)36(26(40)42-28(4,5)6)14-17-9-20(10-17)37-15-21(24(35-37)18-7-8-18)22-11-23-19(12-33-22)13-34-38(23)16-29(30,31)32/h11-13,15,17-18,20H,7-10,14,16H2,1-6H3. The summed E-state index contributed by atoms with van der Waals surface area (Å²) >= 11 is 0. The predicted octanol–water partition coefficient (Wildman–Crippen LogP) is 6.86. The van der Waals surface area contributed by atoms with E-state index >= 15 is 0 Å². The van der Waals surface area contributed by atoms with Gasteiger partial charge in [0.25, 0.3) is 0 Å². The van der Waals surface area contributed by atoms with Crippen LogP contribution in [0.1, 0.15) is 84.9 Å². The number of nitrogens with zero attached hydrogens (tertiary/aromatic N) is 6. The van der Waals surface area contributed by atoms with Crippen molar-refractivity contribution >= 4 is 23.1 Å². The molecule has 0 N–H and O–H groups in total. The number of aromatic nitrogens is 5. The van der Waals surface area contributed by atoms with Crippen molar-refractivity contribution in [1.82, 2.24) is 29.4 Å². The van der Waals surface area contributed by atoms with Crippen LogP contribution < -0.4 is 0 Å². The van der Waals surface area contributed by atoms with Crippen molar-refractivity contribution in [2.75, 3.05) is 6.54 Å². The summed E-state index contributed by atoms with van der Waals surface area (Å²) in [5.74, 6) is 0.308. The van der Waals surface area contributed by atoms with Crippen LogP contribution in [-0.4, -0.2) is 65.6 Å². The lowest BCUT2D eigenvalue weighted by Gasteiger charge is -2.38. The first kappa shape index (κ1) is 29.8. The van der Waals surface area contributed by atoms with Crippen molar-refractivity contribution in [2.45, 2.75) is 103 Å². The fourth-order valence-electron chi connectivity index (χ4n) is 5.05. The number of pyridine rings is 1. The first-order valence-corrected chi connectivity index (χ1v) is 14.2. The van der Waals surface area contributed by atoms with E-state index in [-0.39, 0.29) is 24.4 Å². The van der Waals surface area contributed by atoms with E-state index in [0.717, 1.165) is 33.7 Å². The van der Waals surface area contributed by atoms with Gasteiger partial charge in [-0.05, 0) is 79.2 Å². The average molecular weight is 591 g/mol. The molecule has 0 aliphatic heterocycles. The summed E-state index contributed by atoms with van der Waals surface area (Å²) in [5.41, 5.74) is 1.05. The third-order valence-electron chi connectivity index (χ3n) is 7.11. The van der Waals surface area contributed by atoms with Crippen molar-refractivity contribution in [1.29, 1.82) is 0 Å². The Balaban J connectivity index is 1.33. The van der Waals surface area contributed by atoms with Gasteiger partial charge in [0, 0.05) is 35.8 Å². The van der Waals surface area contributed by atoms with Crippen molar-refractivity contribution in [3.05, 3.63) is 30.4 Å². The number of carbonyl (C=O) groups is 2. The number of halogens is 3. The molecule has 0 saturated heterocycles. The SMILES string of the molecule is CC(C)(C)OC(=O)N(CC1CC(n2cc(-c3cc4c(cn3)cnn4CC(F)(F)F)c(C3CC3)n2)C1)C(=O)OC(C)(C)C. The van der Waals surface area contributed by atoms with E-state index in [1.807, 2.05) is 10.9 Å². The fourth-order valence-corrected chi connectivity index (χ4v) is 5.05. The van der Waals surface area contributed by atoms with Crippen LogP contribution in [0.5, 0.6) is 0 Å². The van der Waals surface area contributed by atoms with Crippen LogP contribution in [0, 0.1) is 5.92 Å². The number of hydrogen-bond donors (Lipinski definition) is 0. The summed E-state index contributed by atoms with van der Waals surface area (Å²) in [7, 11) is 0. The van der Waals surface area contributed by atoms with E-state index in [4.69, 9.17) is 14.6 Å². The van der Waals surface area contributed by atoms with Crippen LogP contribution in [-0.2, 0) is 16.0 Å². The highest BCUT2D eigenvalue weighted by Gasteiger charge is 2.40. The second-order valence-corrected chi connectivity index (χ2v) is 13.3. The monoisotopic (exact) mass is 590 g/mol. The molecule has 5 rings (SSSR count). The first-order chi connectivity index (χ1) is 19.5. The van der Waals surface area contributed by atoms with Crippen molar-refractivity contribution in [3.63, 3.8) is 0 Å². The zero-order chi connectivity index (χ0) is 30.6. The maximum Gasteiger partial charge on any atom is 0.419 e. The highest BCUT2D eigenvalue weighted by molar-refractivity contribution is 5.88. The molecule has 10 nitrogen and oxygen atoms in total. The topological polar surface area (TPSA) is 104 Å². The number of imide groups is 1. The van der Waals surface area contributed by atoms with Gasteiger partial charge in [0.1, 0.15) is 17.7 Å². The summed E-state index contributed by atoms with van der Waals surface area (Å²) in [5, 5.41) is 9.31. The lowest BCUT2D eigenvalue weighted by atomic mass is 9.80. The minimum Gasteiger partial charge on any atom is -0.443 e. The summed E-state index contributed by atoms with van der Waals surface area (Å²) < 4.78 is 53.0. The van der Waals surface area contributed by atoms with Gasteiger partial charge in [-0.3, -0.25) is 14.3 Å². The molecule has 2 saturated carbocycles. The van der Waals surface area contributed by atoms with Gasteiger partial charge in [-0.25, -0.2) is 14.5 Å². The van der Waals surface area contributed by atoms with E-state index < -0.39 is 36.1 Å². The number of hydrogen-bond acceptors (Lipinski definition) is 7. The maximum absolute atomic E-state index is 13.1. The van der Waals surface area contributed by atoms with E-state index in [2.05, 4.69) is 10.1 Å². The second-order valence-electron chi connectivity index (χ2n) is 13.3. The highest BCUT2D eigenvalue weighted by Crippen LogP contribution is 2.46. The van der Waals surface area contributed by atoms with Gasteiger partial charge in [0.05, 0.1) is 29.1 Å². The molecule has 0 bridgehead atoms. The summed E-state index contributed by atoms with van der Waals surface area (Å²) in [6.45, 7) is 9.40. The van der Waals surface area contributed by atoms with Crippen molar-refractivity contribution < 1.29 is 32.2 Å². The molecule has 0 radical (unpaired) electrons. The third-order valence-corrected chi connectivity index (χ3v) is 7.11. The zero-order valence-electron chi connectivity index (χ0n) is 24.7. The number of fused-ring (bicyclic) bond motifs is 1. The minimum absolute atomic E-state index is 0.0262. The first-order valence-electron chi connectivity index (χ1n) is 14.2. The minimum atomic E-state index is -4.39. The molecule has 2 aliphatic carbocycles. The molecule has 2 aliphatic rings. The van der Waals surface area contributed by atoms with Gasteiger partial charge >= 0.3 is 18.4 Å². The smallest absolute Gasteiger partial charge is 0.419 e. The lowest BCUT2D eigenvalue weighted by molar-refractivity contribution is -0.141. The predicted molar refractivity (Wildman–Crippen MR) is 148 cm³/mol. The molecule has 2 amide bonds. The van der Waals surface area contributed by atoms with E-state index in [0.29, 0.717) is 29.4 Å². The average Bonchev–Trinajstić information content (AvgIpc) is 3.45. The number of rotatable bonds is 6. The van der Waals surface area contributed by atoms with Crippen LogP contribution in [0.4, 0.5) is 22.8 Å². The molecule has 3 heterocycles. The fraction of sp³-hybridized carbons (Fsp3) is 0.621. The Hall–Kier alpha value is -3.64. The molecule has 228 valence electrons. The van der Waals surface area contributed by atoms with E-state index in [9.17, 15) is 22.8 Å². The van der Waals surface area contributed by atoms with Gasteiger partial charge in [0.15, 0.2) is 0 Å². The van der Waals surface area contributed by atoms with E-state index in [1.165, 1.54) is 6.20 Å². The zero-order valence-corrected chi connectivity index (χ0v) is 24.7. The third kappa shape index (κ3) is 7.04. The van der Waals surface area contributed by atoms with Crippen LogP contribution in [0.2, 0.25) is 0 Å². The largest absolute Gasteiger partial charge is 0.443 e. The van der Waals surface area contributed by atoms with E-state index in [1.54, 1.807) is 53.8 Å². The second kappa shape index (κ2) is 10.6. The molecule has 3 aromatic rings. The Bertz CT molecular complexity index is 1450. The number of alkyl halides is 3. The Labute approximate surface area is 242 Å². The van der Waals surface area contributed by atoms with Gasteiger partial charge in [-0.2, -0.15) is 23.4 Å². The molecule has 0 unspecified atom stereocenters. The Morgan fingerprint density at radius 2 is 1.62 bits per heavy atom. The van der Waals surface area contributed by atoms with Crippen LogP contribution in [0.15, 0.2) is 24.7 Å². The molecular formula is C29H37F3N6O4. The van der Waals surface area contributed by atoms with Gasteiger partial charge < -0.3 is 9.47 Å². The molecule has 3 aromatic heterocycles. The van der Waals surface area contributed by atoms with Crippen molar-refractivity contribution in [2.24, 2.45) is 5.92 Å². The summed E-state index contributed by atoms with van der Waals surface area (Å²) in [6.07, 6.45) is 2.29. The summed E-state index contributed by atoms with van der Waals surface area (Å²) in [4.78, 5) is 31.3. The van der Waals surface area contributed by atoms with Gasteiger partial charge in [-0.15, -0.1) is 0 Å². The molecule has 2 fully saturated rings. The quantitative estimate of drug-likeness (QED) is 0.309. The Kier molecular flexibility index (Phi) is 7.51. The van der Waals surface area contributed by atoms with Gasteiger partial charge in [0.2, 0.25) is 0 Å². The summed E-state index contributed by atoms with van der Waals surface area (Å²) in [6, 6.07) is 1.68. The molecule has 0 aromatic carbocycles. The number of amides is 2. The number of ether oxygens (including phenoxy) is 2. The molecule has 13 heteroatoms. The Morgan fingerprint density at radius 1 is 1.00 bits per heavy atom. The molecule has 42 heavy (non-hydrogen) atoms. The van der Waals surface area contributed by atoms with Crippen LogP contribution >= 0.6 is 0 Å². The molecule has 0 spiro atoms. The lowest BCUT2D eigenvalue weighted by Crippen LogP contribution is -2.47. The number of carbonyl (C=O) groups excluding carboxylic acids is 2. The van der Waals surface area contributed by atoms with Crippen LogP contribution in [0.3, 0.4) is 0 Å². The van der Waals surface area contributed by atoms with Gasteiger partial charge in [-0.1, -0.05) is 0 Å².